The number of rotatable bonds is 46. The largest absolute Gasteiger partial charge is 0.472 e. The lowest BCUT2D eigenvalue weighted by atomic mass is 10.1. The van der Waals surface area contributed by atoms with E-state index in [2.05, 4.69) is 50.3 Å². The Bertz CT molecular complexity index is 1000. The molecule has 10 heteroatoms. The van der Waals surface area contributed by atoms with Gasteiger partial charge in [0.2, 0.25) is 0 Å². The summed E-state index contributed by atoms with van der Waals surface area (Å²) < 4.78 is 33.5. The third kappa shape index (κ3) is 44.2. The van der Waals surface area contributed by atoms with Crippen molar-refractivity contribution in [3.63, 3.8) is 0 Å². The third-order valence-corrected chi connectivity index (χ3v) is 11.2. The van der Waals surface area contributed by atoms with Crippen molar-refractivity contribution in [1.29, 1.82) is 0 Å². The average molecular weight is 843 g/mol. The molecule has 3 atom stereocenters. The quantitative estimate of drug-likeness (QED) is 0.0237. The Kier molecular flexibility index (Phi) is 44.2. The molecular formula is C48H91O9P. The Morgan fingerprint density at radius 2 is 0.931 bits per heavy atom. The molecule has 0 amide bonds. The molecule has 0 rings (SSSR count). The minimum Gasteiger partial charge on any atom is -0.457 e. The van der Waals surface area contributed by atoms with Gasteiger partial charge in [0.05, 0.1) is 26.4 Å². The van der Waals surface area contributed by atoms with E-state index in [1.165, 1.54) is 135 Å². The van der Waals surface area contributed by atoms with Crippen molar-refractivity contribution in [2.24, 2.45) is 0 Å². The zero-order chi connectivity index (χ0) is 42.5. The molecule has 0 aromatic rings. The highest BCUT2D eigenvalue weighted by Gasteiger charge is 2.26. The molecule has 0 spiro atoms. The standard InChI is InChI=1S/C48H91O9P/c1-3-5-7-9-11-13-15-17-19-21-23-25-27-29-31-33-35-37-39-41-54-44-47(45-56-58(52,53)55-43-46(50)42-49)57-48(51)40-38-36-34-32-30-28-26-24-22-20-18-16-14-12-10-8-6-4-2/h13,15,19-22,46-47,49-50H,3-12,14,16-18,23-45H2,1-2H3,(H,52,53)/b15-13-,21-19-,22-20-. The van der Waals surface area contributed by atoms with Crippen molar-refractivity contribution in [1.82, 2.24) is 0 Å². The molecule has 0 fully saturated rings. The van der Waals surface area contributed by atoms with Gasteiger partial charge in [-0.1, -0.05) is 179 Å². The van der Waals surface area contributed by atoms with Gasteiger partial charge in [0.1, 0.15) is 12.2 Å². The molecule has 0 heterocycles. The normalized spacial score (nSPS) is 14.2. The lowest BCUT2D eigenvalue weighted by Crippen LogP contribution is -2.29. The Hall–Kier alpha value is -1.32. The number of unbranched alkanes of at least 4 members (excludes halogenated alkanes) is 26. The number of carbonyl (C=O) groups is 1. The summed E-state index contributed by atoms with van der Waals surface area (Å²) in [5, 5.41) is 18.4. The van der Waals surface area contributed by atoms with Crippen LogP contribution < -0.4 is 0 Å². The summed E-state index contributed by atoms with van der Waals surface area (Å²) >= 11 is 0. The number of aliphatic hydroxyl groups excluding tert-OH is 2. The van der Waals surface area contributed by atoms with Crippen LogP contribution >= 0.6 is 7.82 Å². The van der Waals surface area contributed by atoms with Gasteiger partial charge in [-0.25, -0.2) is 4.57 Å². The van der Waals surface area contributed by atoms with Crippen LogP contribution in [0.4, 0.5) is 0 Å². The number of aliphatic hydroxyl groups is 2. The molecule has 3 unspecified atom stereocenters. The Balaban J connectivity index is 4.13. The van der Waals surface area contributed by atoms with Crippen LogP contribution in [0.25, 0.3) is 0 Å². The smallest absolute Gasteiger partial charge is 0.457 e. The van der Waals surface area contributed by atoms with Gasteiger partial charge in [-0.05, 0) is 70.6 Å². The second-order valence-electron chi connectivity index (χ2n) is 16.1. The first kappa shape index (κ1) is 56.7. The van der Waals surface area contributed by atoms with E-state index in [0.717, 1.165) is 64.2 Å². The second kappa shape index (κ2) is 45.2. The fraction of sp³-hybridized carbons (Fsp3) is 0.854. The summed E-state index contributed by atoms with van der Waals surface area (Å²) in [5.41, 5.74) is 0. The number of allylic oxidation sites excluding steroid dienone is 6. The van der Waals surface area contributed by atoms with Crippen LogP contribution in [0.1, 0.15) is 219 Å². The number of ether oxygens (including phenoxy) is 2. The van der Waals surface area contributed by atoms with E-state index >= 15 is 0 Å². The second-order valence-corrected chi connectivity index (χ2v) is 17.6. The van der Waals surface area contributed by atoms with E-state index in [9.17, 15) is 19.4 Å². The van der Waals surface area contributed by atoms with E-state index in [1.807, 2.05) is 0 Å². The van der Waals surface area contributed by atoms with Gasteiger partial charge >= 0.3 is 13.8 Å². The predicted octanol–water partition coefficient (Wildman–Crippen LogP) is 13.6. The Labute approximate surface area is 356 Å². The lowest BCUT2D eigenvalue weighted by Gasteiger charge is -2.20. The fourth-order valence-corrected chi connectivity index (χ4v) is 7.41. The number of phosphoric acid groups is 1. The molecule has 58 heavy (non-hydrogen) atoms. The molecule has 3 N–H and O–H groups in total. The van der Waals surface area contributed by atoms with Crippen LogP contribution in [0.15, 0.2) is 36.5 Å². The van der Waals surface area contributed by atoms with E-state index in [-0.39, 0.29) is 25.6 Å². The molecule has 0 radical (unpaired) electrons. The van der Waals surface area contributed by atoms with Crippen LogP contribution in [-0.4, -0.2) is 66.3 Å². The van der Waals surface area contributed by atoms with Gasteiger partial charge in [0.15, 0.2) is 0 Å². The molecule has 0 aromatic carbocycles. The number of hydrogen-bond donors (Lipinski definition) is 3. The fourth-order valence-electron chi connectivity index (χ4n) is 6.62. The highest BCUT2D eigenvalue weighted by molar-refractivity contribution is 7.47. The summed E-state index contributed by atoms with van der Waals surface area (Å²) in [5.74, 6) is -0.387. The van der Waals surface area contributed by atoms with Crippen molar-refractivity contribution in [3.05, 3.63) is 36.5 Å². The first-order valence-corrected chi connectivity index (χ1v) is 25.5. The minimum atomic E-state index is -4.52. The van der Waals surface area contributed by atoms with Crippen LogP contribution in [0, 0.1) is 0 Å². The van der Waals surface area contributed by atoms with Gasteiger partial charge in [-0.2, -0.15) is 0 Å². The number of hydrogen-bond acceptors (Lipinski definition) is 8. The van der Waals surface area contributed by atoms with Crippen LogP contribution in [-0.2, 0) is 27.9 Å². The SMILES string of the molecule is CCCCCC/C=C\C/C=C\CCCCCCCCCCOCC(COP(=O)(O)OCC(O)CO)OC(=O)CCCCCCCCC/C=C\CCCCCCCCC. The van der Waals surface area contributed by atoms with Gasteiger partial charge in [-0.15, -0.1) is 0 Å². The minimum absolute atomic E-state index is 0.0447. The van der Waals surface area contributed by atoms with Gasteiger partial charge < -0.3 is 24.6 Å². The van der Waals surface area contributed by atoms with E-state index in [0.29, 0.717) is 6.61 Å². The average Bonchev–Trinajstić information content (AvgIpc) is 3.21. The molecule has 9 nitrogen and oxygen atoms in total. The van der Waals surface area contributed by atoms with Crippen molar-refractivity contribution >= 4 is 13.8 Å². The zero-order valence-corrected chi connectivity index (χ0v) is 38.4. The number of carbonyl (C=O) groups excluding carboxylic acids is 1. The van der Waals surface area contributed by atoms with Crippen molar-refractivity contribution in [2.45, 2.75) is 232 Å². The molecule has 0 aliphatic heterocycles. The predicted molar refractivity (Wildman–Crippen MR) is 242 cm³/mol. The molecular weight excluding hydrogens is 751 g/mol. The van der Waals surface area contributed by atoms with Crippen LogP contribution in [0.3, 0.4) is 0 Å². The number of esters is 1. The molecule has 0 aromatic heterocycles. The van der Waals surface area contributed by atoms with E-state index in [4.69, 9.17) is 23.6 Å². The highest BCUT2D eigenvalue weighted by atomic mass is 31.2. The van der Waals surface area contributed by atoms with Crippen LogP contribution in [0.2, 0.25) is 0 Å². The topological polar surface area (TPSA) is 132 Å². The Morgan fingerprint density at radius 1 is 0.534 bits per heavy atom. The Morgan fingerprint density at radius 3 is 1.41 bits per heavy atom. The maximum Gasteiger partial charge on any atom is 0.472 e. The summed E-state index contributed by atoms with van der Waals surface area (Å²) in [6, 6.07) is 0. The highest BCUT2D eigenvalue weighted by Crippen LogP contribution is 2.43. The summed E-state index contributed by atoms with van der Waals surface area (Å²) in [6.07, 6.45) is 49.6. The molecule has 0 aliphatic carbocycles. The lowest BCUT2D eigenvalue weighted by molar-refractivity contribution is -0.154. The molecule has 342 valence electrons. The molecule has 0 aliphatic rings. The molecule has 0 saturated carbocycles. The van der Waals surface area contributed by atoms with Crippen LogP contribution in [0.5, 0.6) is 0 Å². The van der Waals surface area contributed by atoms with Gasteiger partial charge in [0.25, 0.3) is 0 Å². The van der Waals surface area contributed by atoms with Crippen molar-refractivity contribution in [2.75, 3.05) is 33.0 Å². The van der Waals surface area contributed by atoms with Crippen molar-refractivity contribution < 1.29 is 43.0 Å². The van der Waals surface area contributed by atoms with Crippen molar-refractivity contribution in [3.8, 4) is 0 Å². The first-order valence-electron chi connectivity index (χ1n) is 24.0. The summed E-state index contributed by atoms with van der Waals surface area (Å²) in [7, 11) is -4.52. The molecule has 0 bridgehead atoms. The first-order chi connectivity index (χ1) is 28.3. The summed E-state index contributed by atoms with van der Waals surface area (Å²) in [4.78, 5) is 22.6. The van der Waals surface area contributed by atoms with Gasteiger partial charge in [0, 0.05) is 13.0 Å². The zero-order valence-electron chi connectivity index (χ0n) is 37.5. The third-order valence-electron chi connectivity index (χ3n) is 10.3. The molecule has 0 saturated heterocycles. The van der Waals surface area contributed by atoms with E-state index < -0.39 is 33.2 Å². The maximum atomic E-state index is 12.7. The van der Waals surface area contributed by atoms with Gasteiger partial charge in [-0.3, -0.25) is 13.8 Å². The summed E-state index contributed by atoms with van der Waals surface area (Å²) in [6.45, 7) is 3.51. The maximum absolute atomic E-state index is 12.7. The van der Waals surface area contributed by atoms with E-state index in [1.54, 1.807) is 0 Å². The monoisotopic (exact) mass is 843 g/mol. The number of phosphoric ester groups is 1.